The number of ketones is 1. The van der Waals surface area contributed by atoms with Gasteiger partial charge in [-0.15, -0.1) is 0 Å². The summed E-state index contributed by atoms with van der Waals surface area (Å²) in [6.45, 7) is 4.38. The number of rotatable bonds is 7. The molecule has 1 fully saturated rings. The highest BCUT2D eigenvalue weighted by molar-refractivity contribution is 5.89. The largest absolute Gasteiger partial charge is 0.477 e. The quantitative estimate of drug-likeness (QED) is 0.510. The average molecular weight is 444 g/mol. The number of Topliss-reactive ketones (excluding diaryl/α,β-unsaturated/α-hetero) is 1. The molecule has 8 heteroatoms. The molecule has 4 rings (SSSR count). The molecule has 1 aliphatic heterocycles. The number of nitrogens with one attached hydrogen (secondary N) is 2. The number of ether oxygens (including phenoxy) is 1. The van der Waals surface area contributed by atoms with Crippen LogP contribution in [-0.4, -0.2) is 46.2 Å². The van der Waals surface area contributed by atoms with E-state index in [2.05, 4.69) is 33.6 Å². The SMILES string of the molecule is Cc1ccc(Nc2nccc(-c3ccc(O[C@]4(C(=O)CO)CCNC4)c(C#N)c3)n2)cc1C. The van der Waals surface area contributed by atoms with Gasteiger partial charge in [-0.1, -0.05) is 6.07 Å². The fraction of sp³-hybridized carbons (Fsp3) is 0.280. The summed E-state index contributed by atoms with van der Waals surface area (Å²) in [7, 11) is 0. The van der Waals surface area contributed by atoms with E-state index in [0.717, 1.165) is 11.3 Å². The van der Waals surface area contributed by atoms with Crippen LogP contribution >= 0.6 is 0 Å². The zero-order valence-electron chi connectivity index (χ0n) is 18.6. The first kappa shape index (κ1) is 22.4. The number of nitrogens with zero attached hydrogens (tertiary/aromatic N) is 3. The van der Waals surface area contributed by atoms with Gasteiger partial charge in [0.1, 0.15) is 18.4 Å². The van der Waals surface area contributed by atoms with Crippen LogP contribution in [0.25, 0.3) is 11.3 Å². The molecule has 168 valence electrons. The Balaban J connectivity index is 1.60. The number of anilines is 2. The maximum atomic E-state index is 12.3. The van der Waals surface area contributed by atoms with Gasteiger partial charge < -0.3 is 20.5 Å². The van der Waals surface area contributed by atoms with E-state index in [1.807, 2.05) is 25.1 Å². The van der Waals surface area contributed by atoms with Crippen LogP contribution in [0.2, 0.25) is 0 Å². The Morgan fingerprint density at radius 3 is 2.79 bits per heavy atom. The van der Waals surface area contributed by atoms with Crippen LogP contribution in [0.5, 0.6) is 5.75 Å². The summed E-state index contributed by atoms with van der Waals surface area (Å²) in [4.78, 5) is 21.2. The monoisotopic (exact) mass is 443 g/mol. The number of benzene rings is 2. The molecule has 2 heterocycles. The van der Waals surface area contributed by atoms with E-state index in [9.17, 15) is 15.2 Å². The summed E-state index contributed by atoms with van der Waals surface area (Å²) in [5, 5.41) is 25.4. The Hall–Kier alpha value is -3.80. The molecule has 0 saturated carbocycles. The normalized spacial score (nSPS) is 17.4. The summed E-state index contributed by atoms with van der Waals surface area (Å²) >= 11 is 0. The minimum absolute atomic E-state index is 0.284. The summed E-state index contributed by atoms with van der Waals surface area (Å²) in [6, 6.07) is 15.1. The molecule has 0 bridgehead atoms. The second-order valence-corrected chi connectivity index (χ2v) is 8.12. The summed E-state index contributed by atoms with van der Waals surface area (Å²) < 4.78 is 6.01. The minimum atomic E-state index is -1.17. The molecule has 0 spiro atoms. The van der Waals surface area contributed by atoms with E-state index in [4.69, 9.17) is 4.74 Å². The Morgan fingerprint density at radius 1 is 1.24 bits per heavy atom. The van der Waals surface area contributed by atoms with E-state index in [0.29, 0.717) is 36.9 Å². The van der Waals surface area contributed by atoms with Gasteiger partial charge in [0.05, 0.1) is 11.3 Å². The van der Waals surface area contributed by atoms with Crippen LogP contribution < -0.4 is 15.4 Å². The van der Waals surface area contributed by atoms with Gasteiger partial charge in [0.25, 0.3) is 0 Å². The Labute approximate surface area is 192 Å². The maximum Gasteiger partial charge on any atom is 0.227 e. The third-order valence-corrected chi connectivity index (χ3v) is 5.89. The Morgan fingerprint density at radius 2 is 2.09 bits per heavy atom. The highest BCUT2D eigenvalue weighted by atomic mass is 16.5. The number of aliphatic hydroxyl groups excluding tert-OH is 1. The highest BCUT2D eigenvalue weighted by Crippen LogP contribution is 2.31. The Bertz CT molecular complexity index is 1230. The second-order valence-electron chi connectivity index (χ2n) is 8.12. The van der Waals surface area contributed by atoms with Gasteiger partial charge in [-0.2, -0.15) is 5.26 Å². The number of hydrogen-bond acceptors (Lipinski definition) is 8. The van der Waals surface area contributed by atoms with Gasteiger partial charge in [-0.05, 0) is 67.9 Å². The predicted molar refractivity (Wildman–Crippen MR) is 124 cm³/mol. The van der Waals surface area contributed by atoms with Gasteiger partial charge in [0.15, 0.2) is 5.60 Å². The first-order valence-electron chi connectivity index (χ1n) is 10.7. The standard InChI is InChI=1S/C25H25N5O3/c1-16-3-5-20(11-17(16)2)29-24-28-9-7-21(30-24)18-4-6-22(19(12-18)13-26)33-25(23(32)14-31)8-10-27-15-25/h3-7,9,11-12,27,31H,8,10,14-15H2,1-2H3,(H,28,29,30)/t25-/m1/s1. The molecule has 8 nitrogen and oxygen atoms in total. The van der Waals surface area contributed by atoms with Crippen LogP contribution in [0.15, 0.2) is 48.7 Å². The zero-order valence-corrected chi connectivity index (χ0v) is 18.6. The van der Waals surface area contributed by atoms with E-state index in [1.165, 1.54) is 11.1 Å². The fourth-order valence-electron chi connectivity index (χ4n) is 3.80. The van der Waals surface area contributed by atoms with Crippen LogP contribution in [0, 0.1) is 25.2 Å². The van der Waals surface area contributed by atoms with Gasteiger partial charge in [-0.25, -0.2) is 9.97 Å². The Kier molecular flexibility index (Phi) is 6.36. The minimum Gasteiger partial charge on any atom is -0.477 e. The number of carbonyl (C=O) groups is 1. The molecule has 0 radical (unpaired) electrons. The molecule has 33 heavy (non-hydrogen) atoms. The summed E-state index contributed by atoms with van der Waals surface area (Å²) in [6.07, 6.45) is 2.08. The molecule has 1 atom stereocenters. The number of aliphatic hydroxyl groups is 1. The van der Waals surface area contributed by atoms with Crippen molar-refractivity contribution in [1.82, 2.24) is 15.3 Å². The molecule has 1 saturated heterocycles. The fourth-order valence-corrected chi connectivity index (χ4v) is 3.80. The number of carbonyl (C=O) groups excluding carboxylic acids is 1. The van der Waals surface area contributed by atoms with Gasteiger partial charge in [0, 0.05) is 30.4 Å². The third-order valence-electron chi connectivity index (χ3n) is 5.89. The van der Waals surface area contributed by atoms with Crippen molar-refractivity contribution in [3.63, 3.8) is 0 Å². The molecule has 1 aromatic heterocycles. The number of hydrogen-bond donors (Lipinski definition) is 3. The number of aromatic nitrogens is 2. The van der Waals surface area contributed by atoms with Crippen molar-refractivity contribution in [2.24, 2.45) is 0 Å². The van der Waals surface area contributed by atoms with Crippen LogP contribution in [0.1, 0.15) is 23.1 Å². The van der Waals surface area contributed by atoms with Crippen LogP contribution in [0.4, 0.5) is 11.6 Å². The van der Waals surface area contributed by atoms with Gasteiger partial charge in [-0.3, -0.25) is 4.79 Å². The topological polar surface area (TPSA) is 120 Å². The first-order chi connectivity index (χ1) is 15.9. The molecule has 0 unspecified atom stereocenters. The second kappa shape index (κ2) is 9.36. The lowest BCUT2D eigenvalue weighted by molar-refractivity contribution is -0.136. The molecule has 3 N–H and O–H groups in total. The molecule has 0 aliphatic carbocycles. The molecular weight excluding hydrogens is 418 g/mol. The van der Waals surface area contributed by atoms with E-state index in [1.54, 1.807) is 30.5 Å². The summed E-state index contributed by atoms with van der Waals surface area (Å²) in [5.41, 5.74) is 3.74. The third kappa shape index (κ3) is 4.70. The van der Waals surface area contributed by atoms with E-state index < -0.39 is 18.0 Å². The summed E-state index contributed by atoms with van der Waals surface area (Å²) in [5.74, 6) is 0.340. The maximum absolute atomic E-state index is 12.3. The van der Waals surface area contributed by atoms with E-state index in [-0.39, 0.29) is 5.56 Å². The zero-order chi connectivity index (χ0) is 23.4. The number of nitriles is 1. The van der Waals surface area contributed by atoms with Crippen molar-refractivity contribution in [1.29, 1.82) is 5.26 Å². The average Bonchev–Trinajstić information content (AvgIpc) is 3.31. The molecular formula is C25H25N5O3. The first-order valence-corrected chi connectivity index (χ1v) is 10.7. The van der Waals surface area contributed by atoms with Crippen molar-refractivity contribution in [2.75, 3.05) is 25.0 Å². The lowest BCUT2D eigenvalue weighted by Gasteiger charge is -2.28. The van der Waals surface area contributed by atoms with E-state index >= 15 is 0 Å². The van der Waals surface area contributed by atoms with Crippen LogP contribution in [0.3, 0.4) is 0 Å². The predicted octanol–water partition coefficient (Wildman–Crippen LogP) is 3.05. The number of aryl methyl sites for hydroxylation is 2. The van der Waals surface area contributed by atoms with Crippen molar-refractivity contribution >= 4 is 17.4 Å². The van der Waals surface area contributed by atoms with Crippen LogP contribution in [-0.2, 0) is 4.79 Å². The van der Waals surface area contributed by atoms with Crippen molar-refractivity contribution < 1.29 is 14.6 Å². The molecule has 2 aromatic carbocycles. The molecule has 3 aromatic rings. The van der Waals surface area contributed by atoms with Gasteiger partial charge >= 0.3 is 0 Å². The van der Waals surface area contributed by atoms with Gasteiger partial charge in [0.2, 0.25) is 11.7 Å². The molecule has 0 amide bonds. The van der Waals surface area contributed by atoms with Crippen molar-refractivity contribution in [3.8, 4) is 23.1 Å². The lowest BCUT2D eigenvalue weighted by atomic mass is 9.97. The van der Waals surface area contributed by atoms with Crippen molar-refractivity contribution in [3.05, 3.63) is 65.4 Å². The highest BCUT2D eigenvalue weighted by Gasteiger charge is 2.43. The molecule has 1 aliphatic rings. The smallest absolute Gasteiger partial charge is 0.227 e. The lowest BCUT2D eigenvalue weighted by Crippen LogP contribution is -2.48. The van der Waals surface area contributed by atoms with Crippen molar-refractivity contribution in [2.45, 2.75) is 25.9 Å².